The van der Waals surface area contributed by atoms with Gasteiger partial charge in [0.15, 0.2) is 0 Å². The molecule has 0 bridgehead atoms. The Morgan fingerprint density at radius 1 is 1.23 bits per heavy atom. The number of carbonyl (C=O) groups is 1. The van der Waals surface area contributed by atoms with Crippen molar-refractivity contribution in [2.24, 2.45) is 0 Å². The first-order chi connectivity index (χ1) is 10.8. The van der Waals surface area contributed by atoms with Crippen molar-refractivity contribution in [3.05, 3.63) is 35.4 Å². The zero-order valence-corrected chi connectivity index (χ0v) is 13.2. The van der Waals surface area contributed by atoms with Gasteiger partial charge in [-0.3, -0.25) is 4.79 Å². The van der Waals surface area contributed by atoms with Crippen LogP contribution in [0.25, 0.3) is 0 Å². The molecule has 22 heavy (non-hydrogen) atoms. The molecule has 2 aliphatic rings. The molecular weight excluding hydrogens is 278 g/mol. The van der Waals surface area contributed by atoms with Crippen LogP contribution in [0.1, 0.15) is 24.1 Å². The predicted octanol–water partition coefficient (Wildman–Crippen LogP) is 0.710. The molecule has 3 rings (SSSR count). The van der Waals surface area contributed by atoms with E-state index in [0.717, 1.165) is 32.6 Å². The number of morpholine rings is 1. The number of ether oxygens (including phenoxy) is 1. The third-order valence-electron chi connectivity index (χ3n) is 4.50. The first-order valence-corrected chi connectivity index (χ1v) is 8.22. The van der Waals surface area contributed by atoms with Crippen LogP contribution in [0, 0.1) is 0 Å². The lowest BCUT2D eigenvalue weighted by Crippen LogP contribution is -2.55. The third kappa shape index (κ3) is 3.32. The zero-order chi connectivity index (χ0) is 15.4. The molecule has 0 aromatic heterocycles. The Kier molecular flexibility index (Phi) is 5.08. The summed E-state index contributed by atoms with van der Waals surface area (Å²) in [6.07, 6.45) is 0.692. The molecule has 0 aliphatic carbocycles. The monoisotopic (exact) mass is 303 g/mol. The van der Waals surface area contributed by atoms with E-state index in [1.807, 2.05) is 4.90 Å². The maximum Gasteiger partial charge on any atom is 0.253 e. The number of aryl methyl sites for hydroxylation is 1. The van der Waals surface area contributed by atoms with Gasteiger partial charge in [-0.15, -0.1) is 0 Å². The highest BCUT2D eigenvalue weighted by atomic mass is 16.5. The van der Waals surface area contributed by atoms with Gasteiger partial charge in [0.05, 0.1) is 12.6 Å². The van der Waals surface area contributed by atoms with Gasteiger partial charge < -0.3 is 20.3 Å². The molecule has 2 heterocycles. The van der Waals surface area contributed by atoms with Crippen molar-refractivity contribution in [3.8, 4) is 0 Å². The molecule has 2 aliphatic heterocycles. The van der Waals surface area contributed by atoms with E-state index >= 15 is 0 Å². The van der Waals surface area contributed by atoms with Gasteiger partial charge in [0, 0.05) is 32.7 Å². The Morgan fingerprint density at radius 2 is 2.00 bits per heavy atom. The smallest absolute Gasteiger partial charge is 0.253 e. The lowest BCUT2D eigenvalue weighted by atomic mass is 10.00. The van der Waals surface area contributed by atoms with E-state index in [0.29, 0.717) is 13.2 Å². The second kappa shape index (κ2) is 7.22. The summed E-state index contributed by atoms with van der Waals surface area (Å²) < 4.78 is 5.64. The highest BCUT2D eigenvalue weighted by molar-refractivity contribution is 5.82. The second-order valence-corrected chi connectivity index (χ2v) is 5.91. The molecule has 1 aromatic carbocycles. The molecule has 0 saturated carbocycles. The van der Waals surface area contributed by atoms with Crippen molar-refractivity contribution in [3.63, 3.8) is 0 Å². The van der Waals surface area contributed by atoms with Gasteiger partial charge in [0.2, 0.25) is 0 Å². The number of piperazine rings is 1. The van der Waals surface area contributed by atoms with Crippen LogP contribution in [0.15, 0.2) is 24.3 Å². The van der Waals surface area contributed by atoms with E-state index in [9.17, 15) is 4.79 Å². The Balaban J connectivity index is 1.76. The van der Waals surface area contributed by atoms with Crippen LogP contribution in [0.2, 0.25) is 0 Å². The minimum atomic E-state index is -0.343. The number of hydrogen-bond acceptors (Lipinski definition) is 4. The van der Waals surface area contributed by atoms with Gasteiger partial charge >= 0.3 is 0 Å². The van der Waals surface area contributed by atoms with Crippen LogP contribution >= 0.6 is 0 Å². The number of carbonyl (C=O) groups excluding carboxylic acids is 1. The van der Waals surface area contributed by atoms with E-state index in [2.05, 4.69) is 41.8 Å². The normalized spacial score (nSPS) is 26.0. The number of benzene rings is 1. The fraction of sp³-hybridized carbons (Fsp3) is 0.588. The lowest BCUT2D eigenvalue weighted by molar-refractivity contribution is -0.148. The van der Waals surface area contributed by atoms with Crippen LogP contribution in [0.5, 0.6) is 0 Å². The van der Waals surface area contributed by atoms with E-state index in [4.69, 9.17) is 4.74 Å². The molecule has 2 saturated heterocycles. The highest BCUT2D eigenvalue weighted by Crippen LogP contribution is 2.24. The summed E-state index contributed by atoms with van der Waals surface area (Å²) in [6.45, 7) is 6.59. The van der Waals surface area contributed by atoms with E-state index in [1.165, 1.54) is 11.1 Å². The number of hydrogen-bond donors (Lipinski definition) is 2. The molecule has 2 fully saturated rings. The van der Waals surface area contributed by atoms with E-state index in [1.54, 1.807) is 0 Å². The molecule has 120 valence electrons. The molecule has 0 spiro atoms. The first kappa shape index (κ1) is 15.5. The summed E-state index contributed by atoms with van der Waals surface area (Å²) in [6, 6.07) is 8.71. The molecule has 5 heteroatoms. The standard InChI is InChI=1S/C17H25N3O2/c1-2-13-3-5-14(6-4-13)15-11-18-7-9-20(15)17(21)16-12-19-8-10-22-16/h3-6,15-16,18-19H,2,7-12H2,1H3. The Morgan fingerprint density at radius 3 is 2.68 bits per heavy atom. The highest BCUT2D eigenvalue weighted by Gasteiger charge is 2.33. The van der Waals surface area contributed by atoms with E-state index in [-0.39, 0.29) is 18.1 Å². The Labute approximate surface area is 132 Å². The third-order valence-corrected chi connectivity index (χ3v) is 4.50. The average Bonchev–Trinajstić information content (AvgIpc) is 2.62. The largest absolute Gasteiger partial charge is 0.366 e. The van der Waals surface area contributed by atoms with Crippen molar-refractivity contribution in [1.82, 2.24) is 15.5 Å². The van der Waals surface area contributed by atoms with Crippen molar-refractivity contribution in [2.75, 3.05) is 39.3 Å². The maximum absolute atomic E-state index is 12.8. The number of amides is 1. The summed E-state index contributed by atoms with van der Waals surface area (Å²) in [5.74, 6) is 0.110. The SMILES string of the molecule is CCc1ccc(C2CNCCN2C(=O)C2CNCCO2)cc1. The van der Waals surface area contributed by atoms with Gasteiger partial charge in [-0.25, -0.2) is 0 Å². The Bertz CT molecular complexity index is 497. The van der Waals surface area contributed by atoms with Gasteiger partial charge in [-0.2, -0.15) is 0 Å². The number of rotatable bonds is 3. The minimum absolute atomic E-state index is 0.0951. The quantitative estimate of drug-likeness (QED) is 0.863. The summed E-state index contributed by atoms with van der Waals surface area (Å²) >= 11 is 0. The fourth-order valence-electron chi connectivity index (χ4n) is 3.15. The molecule has 0 radical (unpaired) electrons. The van der Waals surface area contributed by atoms with Gasteiger partial charge in [-0.05, 0) is 17.5 Å². The molecule has 1 aromatic rings. The number of nitrogens with one attached hydrogen (secondary N) is 2. The average molecular weight is 303 g/mol. The van der Waals surface area contributed by atoms with Crippen LogP contribution in [0.3, 0.4) is 0 Å². The second-order valence-electron chi connectivity index (χ2n) is 5.91. The maximum atomic E-state index is 12.8. The summed E-state index contributed by atoms with van der Waals surface area (Å²) in [4.78, 5) is 14.8. The van der Waals surface area contributed by atoms with E-state index < -0.39 is 0 Å². The zero-order valence-electron chi connectivity index (χ0n) is 13.2. The topological polar surface area (TPSA) is 53.6 Å². The molecule has 2 N–H and O–H groups in total. The number of nitrogens with zero attached hydrogens (tertiary/aromatic N) is 1. The van der Waals surface area contributed by atoms with Crippen molar-refractivity contribution in [1.29, 1.82) is 0 Å². The van der Waals surface area contributed by atoms with Crippen LogP contribution in [-0.2, 0) is 16.0 Å². The van der Waals surface area contributed by atoms with Crippen LogP contribution < -0.4 is 10.6 Å². The van der Waals surface area contributed by atoms with Gasteiger partial charge in [0.25, 0.3) is 5.91 Å². The minimum Gasteiger partial charge on any atom is -0.366 e. The summed E-state index contributed by atoms with van der Waals surface area (Å²) in [7, 11) is 0. The summed E-state index contributed by atoms with van der Waals surface area (Å²) in [5.41, 5.74) is 2.52. The molecule has 1 amide bonds. The van der Waals surface area contributed by atoms with Gasteiger partial charge in [0.1, 0.15) is 6.10 Å². The van der Waals surface area contributed by atoms with Crippen LogP contribution in [0.4, 0.5) is 0 Å². The molecule has 5 nitrogen and oxygen atoms in total. The Hall–Kier alpha value is -1.43. The van der Waals surface area contributed by atoms with Crippen molar-refractivity contribution >= 4 is 5.91 Å². The molecule has 2 atom stereocenters. The van der Waals surface area contributed by atoms with Crippen LogP contribution in [-0.4, -0.2) is 56.2 Å². The molecule has 2 unspecified atom stereocenters. The van der Waals surface area contributed by atoms with Crippen molar-refractivity contribution in [2.45, 2.75) is 25.5 Å². The fourth-order valence-corrected chi connectivity index (χ4v) is 3.15. The first-order valence-electron chi connectivity index (χ1n) is 8.22. The predicted molar refractivity (Wildman–Crippen MR) is 85.8 cm³/mol. The van der Waals surface area contributed by atoms with Crippen molar-refractivity contribution < 1.29 is 9.53 Å². The molecular formula is C17H25N3O2. The summed E-state index contributed by atoms with van der Waals surface area (Å²) in [5, 5.41) is 6.64. The lowest BCUT2D eigenvalue weighted by Gasteiger charge is -2.39. The van der Waals surface area contributed by atoms with Gasteiger partial charge in [-0.1, -0.05) is 31.2 Å².